The predicted molar refractivity (Wildman–Crippen MR) is 119 cm³/mol. The molecule has 7 nitrogen and oxygen atoms in total. The molecule has 2 amide bonds. The summed E-state index contributed by atoms with van der Waals surface area (Å²) < 4.78 is 5.42. The molecule has 0 spiro atoms. The van der Waals surface area contributed by atoms with Crippen LogP contribution in [0.3, 0.4) is 0 Å². The smallest absolute Gasteiger partial charge is 0.410 e. The topological polar surface area (TPSA) is 74.8 Å². The molecule has 2 unspecified atom stereocenters. The summed E-state index contributed by atoms with van der Waals surface area (Å²) in [7, 11) is 0. The van der Waals surface area contributed by atoms with E-state index >= 15 is 0 Å². The van der Waals surface area contributed by atoms with E-state index in [1.807, 2.05) is 26.2 Å². The molecule has 0 bridgehead atoms. The highest BCUT2D eigenvalue weighted by molar-refractivity contribution is 7.13. The first-order chi connectivity index (χ1) is 14.1. The number of carbonyl (C=O) groups is 2. The molecule has 3 rings (SSSR count). The van der Waals surface area contributed by atoms with E-state index < -0.39 is 5.60 Å². The van der Waals surface area contributed by atoms with Crippen molar-refractivity contribution in [3.63, 3.8) is 0 Å². The Hall–Kier alpha value is -1.67. The standard InChI is InChI=1S/C22H36N4O3S/c1-15-10-16(2)12-25(11-15)13-18-14-30-20(23-18)24-19(27)17-6-8-26(9-7-17)21(28)29-22(3,4)5/h14-17H,6-13H2,1-5H3,(H,23,24,27). The van der Waals surface area contributed by atoms with Gasteiger partial charge in [0.25, 0.3) is 0 Å². The third kappa shape index (κ3) is 6.67. The second-order valence-corrected chi connectivity index (χ2v) is 10.9. The summed E-state index contributed by atoms with van der Waals surface area (Å²) in [6.45, 7) is 14.4. The van der Waals surface area contributed by atoms with E-state index in [1.165, 1.54) is 17.8 Å². The number of piperidine rings is 2. The van der Waals surface area contributed by atoms with Crippen LogP contribution in [-0.4, -0.2) is 58.6 Å². The maximum absolute atomic E-state index is 12.7. The van der Waals surface area contributed by atoms with Crippen LogP contribution in [-0.2, 0) is 16.1 Å². The molecular weight excluding hydrogens is 400 g/mol. The number of amides is 2. The van der Waals surface area contributed by atoms with Crippen molar-refractivity contribution in [2.24, 2.45) is 17.8 Å². The van der Waals surface area contributed by atoms with Gasteiger partial charge < -0.3 is 15.0 Å². The third-order valence-corrected chi connectivity index (χ3v) is 6.44. The second-order valence-electron chi connectivity index (χ2n) is 10.0. The first-order valence-electron chi connectivity index (χ1n) is 11.0. The normalized spacial score (nSPS) is 24.0. The summed E-state index contributed by atoms with van der Waals surface area (Å²) in [5, 5.41) is 5.70. The quantitative estimate of drug-likeness (QED) is 0.765. The van der Waals surface area contributed by atoms with Crippen LogP contribution in [0.1, 0.15) is 59.6 Å². The summed E-state index contributed by atoms with van der Waals surface area (Å²) in [5.41, 5.74) is 0.523. The molecule has 0 aliphatic carbocycles. The molecule has 8 heteroatoms. The average molecular weight is 437 g/mol. The first-order valence-corrected chi connectivity index (χ1v) is 11.9. The third-order valence-electron chi connectivity index (χ3n) is 5.63. The number of nitrogens with one attached hydrogen (secondary N) is 1. The van der Waals surface area contributed by atoms with E-state index in [9.17, 15) is 9.59 Å². The van der Waals surface area contributed by atoms with Gasteiger partial charge in [0, 0.05) is 44.0 Å². The number of hydrogen-bond donors (Lipinski definition) is 1. The zero-order valence-corrected chi connectivity index (χ0v) is 19.8. The summed E-state index contributed by atoms with van der Waals surface area (Å²) in [5.74, 6) is 1.34. The highest BCUT2D eigenvalue weighted by atomic mass is 32.1. The molecule has 0 radical (unpaired) electrons. The number of rotatable bonds is 4. The lowest BCUT2D eigenvalue weighted by molar-refractivity contribution is -0.121. The number of nitrogens with zero attached hydrogens (tertiary/aromatic N) is 3. The number of aromatic nitrogens is 1. The molecule has 30 heavy (non-hydrogen) atoms. The lowest BCUT2D eigenvalue weighted by Gasteiger charge is -2.34. The van der Waals surface area contributed by atoms with Crippen LogP contribution in [0.4, 0.5) is 9.93 Å². The number of anilines is 1. The second kappa shape index (κ2) is 9.64. The molecule has 1 aromatic heterocycles. The van der Waals surface area contributed by atoms with Gasteiger partial charge in [-0.05, 0) is 51.9 Å². The van der Waals surface area contributed by atoms with Crippen LogP contribution in [0, 0.1) is 17.8 Å². The Morgan fingerprint density at radius 2 is 1.83 bits per heavy atom. The Balaban J connectivity index is 1.45. The van der Waals surface area contributed by atoms with Crippen molar-refractivity contribution in [3.8, 4) is 0 Å². The number of ether oxygens (including phenoxy) is 1. The predicted octanol–water partition coefficient (Wildman–Crippen LogP) is 4.21. The van der Waals surface area contributed by atoms with Gasteiger partial charge in [-0.15, -0.1) is 11.3 Å². The van der Waals surface area contributed by atoms with Crippen molar-refractivity contribution in [2.75, 3.05) is 31.5 Å². The van der Waals surface area contributed by atoms with E-state index in [1.54, 1.807) is 4.90 Å². The van der Waals surface area contributed by atoms with Crippen molar-refractivity contribution >= 4 is 28.5 Å². The molecular formula is C22H36N4O3S. The summed E-state index contributed by atoms with van der Waals surface area (Å²) in [6.07, 6.45) is 2.29. The van der Waals surface area contributed by atoms with Gasteiger partial charge in [-0.3, -0.25) is 9.69 Å². The zero-order valence-electron chi connectivity index (χ0n) is 18.9. The Labute approximate surface area is 184 Å². The van der Waals surface area contributed by atoms with Crippen molar-refractivity contribution in [1.29, 1.82) is 0 Å². The van der Waals surface area contributed by atoms with Gasteiger partial charge in [0.05, 0.1) is 5.69 Å². The van der Waals surface area contributed by atoms with Crippen LogP contribution in [0.5, 0.6) is 0 Å². The Morgan fingerprint density at radius 3 is 2.43 bits per heavy atom. The molecule has 1 aromatic rings. The molecule has 2 aliphatic heterocycles. The van der Waals surface area contributed by atoms with Gasteiger partial charge in [-0.25, -0.2) is 9.78 Å². The van der Waals surface area contributed by atoms with Crippen molar-refractivity contribution in [2.45, 2.75) is 66.0 Å². The fraction of sp³-hybridized carbons (Fsp3) is 0.773. The van der Waals surface area contributed by atoms with Crippen molar-refractivity contribution in [1.82, 2.24) is 14.8 Å². The van der Waals surface area contributed by atoms with Crippen LogP contribution in [0.25, 0.3) is 0 Å². The van der Waals surface area contributed by atoms with Gasteiger partial charge in [0.1, 0.15) is 5.60 Å². The maximum Gasteiger partial charge on any atom is 0.410 e. The zero-order chi connectivity index (χ0) is 21.9. The largest absolute Gasteiger partial charge is 0.444 e. The van der Waals surface area contributed by atoms with Crippen molar-refractivity contribution in [3.05, 3.63) is 11.1 Å². The lowest BCUT2D eigenvalue weighted by atomic mass is 9.92. The molecule has 2 saturated heterocycles. The highest BCUT2D eigenvalue weighted by Crippen LogP contribution is 2.25. The Morgan fingerprint density at radius 1 is 1.20 bits per heavy atom. The molecule has 0 saturated carbocycles. The minimum atomic E-state index is -0.502. The number of carbonyl (C=O) groups excluding carboxylic acids is 2. The highest BCUT2D eigenvalue weighted by Gasteiger charge is 2.30. The van der Waals surface area contributed by atoms with Crippen LogP contribution >= 0.6 is 11.3 Å². The monoisotopic (exact) mass is 436 g/mol. The molecule has 2 fully saturated rings. The maximum atomic E-state index is 12.7. The molecule has 2 atom stereocenters. The number of hydrogen-bond acceptors (Lipinski definition) is 6. The molecule has 0 aromatic carbocycles. The van der Waals surface area contributed by atoms with Gasteiger partial charge >= 0.3 is 6.09 Å². The SMILES string of the molecule is CC1CC(C)CN(Cc2csc(NC(=O)C3CCN(C(=O)OC(C)(C)C)CC3)n2)C1. The van der Waals surface area contributed by atoms with Crippen LogP contribution in [0.15, 0.2) is 5.38 Å². The van der Waals surface area contributed by atoms with Crippen LogP contribution in [0.2, 0.25) is 0 Å². The Kier molecular flexibility index (Phi) is 7.39. The van der Waals surface area contributed by atoms with E-state index in [0.29, 0.717) is 31.1 Å². The van der Waals surface area contributed by atoms with Crippen molar-refractivity contribution < 1.29 is 14.3 Å². The van der Waals surface area contributed by atoms with Crippen LogP contribution < -0.4 is 5.32 Å². The van der Waals surface area contributed by atoms with Gasteiger partial charge in [-0.2, -0.15) is 0 Å². The number of thiazole rings is 1. The van der Waals surface area contributed by atoms with E-state index in [4.69, 9.17) is 4.74 Å². The fourth-order valence-electron chi connectivity index (χ4n) is 4.45. The lowest BCUT2D eigenvalue weighted by Crippen LogP contribution is -2.43. The minimum Gasteiger partial charge on any atom is -0.444 e. The van der Waals surface area contributed by atoms with E-state index in [0.717, 1.165) is 37.2 Å². The first kappa shape index (κ1) is 23.0. The average Bonchev–Trinajstić information content (AvgIpc) is 3.06. The van der Waals surface area contributed by atoms with E-state index in [-0.39, 0.29) is 17.9 Å². The summed E-state index contributed by atoms with van der Waals surface area (Å²) >= 11 is 1.49. The fourth-order valence-corrected chi connectivity index (χ4v) is 5.15. The summed E-state index contributed by atoms with van der Waals surface area (Å²) in [6, 6.07) is 0. The molecule has 1 N–H and O–H groups in total. The Bertz CT molecular complexity index is 727. The van der Waals surface area contributed by atoms with Gasteiger partial charge in [0.2, 0.25) is 5.91 Å². The van der Waals surface area contributed by atoms with E-state index in [2.05, 4.69) is 29.0 Å². The molecule has 3 heterocycles. The molecule has 2 aliphatic rings. The summed E-state index contributed by atoms with van der Waals surface area (Å²) in [4.78, 5) is 33.6. The van der Waals surface area contributed by atoms with Gasteiger partial charge in [-0.1, -0.05) is 13.8 Å². The van der Waals surface area contributed by atoms with Gasteiger partial charge in [0.15, 0.2) is 5.13 Å². The number of likely N-dealkylation sites (tertiary alicyclic amines) is 2. The minimum absolute atomic E-state index is 0.0000410. The molecule has 168 valence electrons.